The summed E-state index contributed by atoms with van der Waals surface area (Å²) < 4.78 is 15.6. The van der Waals surface area contributed by atoms with E-state index in [1.165, 1.54) is 7.05 Å². The summed E-state index contributed by atoms with van der Waals surface area (Å²) in [4.78, 5) is 48.4. The van der Waals surface area contributed by atoms with Crippen LogP contribution < -0.4 is 27.0 Å². The first kappa shape index (κ1) is 31.8. The van der Waals surface area contributed by atoms with Crippen LogP contribution in [0.15, 0.2) is 24.3 Å². The summed E-state index contributed by atoms with van der Waals surface area (Å²) in [7, 11) is 1.50. The first-order valence-electron chi connectivity index (χ1n) is 12.3. The zero-order valence-electron chi connectivity index (χ0n) is 22.2. The van der Waals surface area contributed by atoms with Crippen molar-refractivity contribution in [1.29, 1.82) is 0 Å². The standard InChI is InChI=1S/C25H41N5O7/c1-25(2,3)37-24(34)29-19-10-8-18(9-11-19)22(32)28-13-6-5-7-20(23(33)27-4)30-21(31)17-36-16-15-35-14-12-26/h8-11,20H,5-7,12-17,26H2,1-4H3,(H,27,33)(H,28,32)(H,29,34)(H,30,31)/t20-/m0/s1. The summed E-state index contributed by atoms with van der Waals surface area (Å²) in [5.41, 5.74) is 5.67. The molecule has 6 N–H and O–H groups in total. The smallest absolute Gasteiger partial charge is 0.412 e. The highest BCUT2D eigenvalue weighted by molar-refractivity contribution is 5.95. The van der Waals surface area contributed by atoms with Crippen molar-refractivity contribution in [3.05, 3.63) is 29.8 Å². The molecule has 0 aliphatic carbocycles. The minimum atomic E-state index is -0.699. The van der Waals surface area contributed by atoms with Crippen LogP contribution in [-0.2, 0) is 23.8 Å². The molecule has 0 radical (unpaired) electrons. The number of amides is 4. The second kappa shape index (κ2) is 17.3. The Kier molecular flexibility index (Phi) is 14.8. The third kappa shape index (κ3) is 14.8. The van der Waals surface area contributed by atoms with Gasteiger partial charge >= 0.3 is 6.09 Å². The van der Waals surface area contributed by atoms with E-state index in [4.69, 9.17) is 19.9 Å². The molecule has 12 nitrogen and oxygen atoms in total. The van der Waals surface area contributed by atoms with Gasteiger partial charge in [0, 0.05) is 31.4 Å². The van der Waals surface area contributed by atoms with Gasteiger partial charge in [0.1, 0.15) is 18.2 Å². The van der Waals surface area contributed by atoms with Crippen LogP contribution in [0.25, 0.3) is 0 Å². The number of carbonyl (C=O) groups is 4. The summed E-state index contributed by atoms with van der Waals surface area (Å²) in [5.74, 6) is -0.957. The Hall–Kier alpha value is -3.22. The largest absolute Gasteiger partial charge is 0.444 e. The summed E-state index contributed by atoms with van der Waals surface area (Å²) in [6.45, 7) is 6.97. The predicted octanol–water partition coefficient (Wildman–Crippen LogP) is 1.16. The van der Waals surface area contributed by atoms with Crippen molar-refractivity contribution in [2.45, 2.75) is 51.7 Å². The fourth-order valence-corrected chi connectivity index (χ4v) is 3.05. The van der Waals surface area contributed by atoms with Crippen molar-refractivity contribution >= 4 is 29.5 Å². The Labute approximate surface area is 218 Å². The highest BCUT2D eigenvalue weighted by Gasteiger charge is 2.19. The van der Waals surface area contributed by atoms with Crippen LogP contribution in [0, 0.1) is 0 Å². The molecule has 1 aromatic rings. The van der Waals surface area contributed by atoms with Gasteiger partial charge in [0.25, 0.3) is 5.91 Å². The van der Waals surface area contributed by atoms with E-state index in [0.717, 1.165) is 0 Å². The van der Waals surface area contributed by atoms with Crippen LogP contribution in [0.5, 0.6) is 0 Å². The van der Waals surface area contributed by atoms with Crippen molar-refractivity contribution < 1.29 is 33.4 Å². The molecular formula is C25H41N5O7. The molecule has 0 aliphatic rings. The van der Waals surface area contributed by atoms with Gasteiger partial charge in [0.2, 0.25) is 11.8 Å². The zero-order valence-corrected chi connectivity index (χ0v) is 22.2. The van der Waals surface area contributed by atoms with Gasteiger partial charge in [-0.2, -0.15) is 0 Å². The number of nitrogens with one attached hydrogen (secondary N) is 4. The number of rotatable bonds is 16. The number of likely N-dealkylation sites (N-methyl/N-ethyl adjacent to an activating group) is 1. The lowest BCUT2D eigenvalue weighted by atomic mass is 10.1. The molecule has 1 atom stereocenters. The number of nitrogens with two attached hydrogens (primary N) is 1. The number of benzene rings is 1. The second-order valence-corrected chi connectivity index (χ2v) is 9.14. The van der Waals surface area contributed by atoms with Gasteiger partial charge in [0.15, 0.2) is 0 Å². The molecule has 208 valence electrons. The van der Waals surface area contributed by atoms with Crippen molar-refractivity contribution in [3.63, 3.8) is 0 Å². The first-order valence-corrected chi connectivity index (χ1v) is 12.3. The highest BCUT2D eigenvalue weighted by atomic mass is 16.6. The molecule has 0 aliphatic heterocycles. The van der Waals surface area contributed by atoms with Crippen molar-refractivity contribution in [1.82, 2.24) is 16.0 Å². The van der Waals surface area contributed by atoms with Crippen molar-refractivity contribution in [2.24, 2.45) is 5.73 Å². The van der Waals surface area contributed by atoms with Crippen LogP contribution >= 0.6 is 0 Å². The number of anilines is 1. The number of hydrogen-bond donors (Lipinski definition) is 5. The van der Waals surface area contributed by atoms with E-state index < -0.39 is 23.6 Å². The topological polar surface area (TPSA) is 170 Å². The molecule has 1 aromatic carbocycles. The fourth-order valence-electron chi connectivity index (χ4n) is 3.05. The molecule has 0 aromatic heterocycles. The quantitative estimate of drug-likeness (QED) is 0.201. The molecule has 37 heavy (non-hydrogen) atoms. The van der Waals surface area contributed by atoms with Gasteiger partial charge in [-0.3, -0.25) is 19.7 Å². The lowest BCUT2D eigenvalue weighted by Gasteiger charge is -2.19. The Morgan fingerprint density at radius 1 is 0.973 bits per heavy atom. The van der Waals surface area contributed by atoms with Gasteiger partial charge < -0.3 is 35.9 Å². The molecular weight excluding hydrogens is 482 g/mol. The SMILES string of the molecule is CNC(=O)[C@H](CCCCNC(=O)c1ccc(NC(=O)OC(C)(C)C)cc1)NC(=O)COCCOCCN. The van der Waals surface area contributed by atoms with Crippen LogP contribution in [-0.4, -0.2) is 82.0 Å². The summed E-state index contributed by atoms with van der Waals surface area (Å²) in [6, 6.07) is 5.74. The van der Waals surface area contributed by atoms with Crippen LogP contribution in [0.4, 0.5) is 10.5 Å². The van der Waals surface area contributed by atoms with E-state index in [1.54, 1.807) is 45.0 Å². The normalized spacial score (nSPS) is 11.8. The lowest BCUT2D eigenvalue weighted by Crippen LogP contribution is -2.47. The Balaban J connectivity index is 2.35. The van der Waals surface area contributed by atoms with Crippen LogP contribution in [0.2, 0.25) is 0 Å². The number of hydrogen-bond acceptors (Lipinski definition) is 8. The molecule has 0 bridgehead atoms. The molecule has 0 saturated heterocycles. The average Bonchev–Trinajstić information content (AvgIpc) is 2.83. The number of carbonyl (C=O) groups excluding carboxylic acids is 4. The maximum atomic E-state index is 12.4. The van der Waals surface area contributed by atoms with E-state index in [0.29, 0.717) is 56.8 Å². The monoisotopic (exact) mass is 523 g/mol. The molecule has 0 unspecified atom stereocenters. The Morgan fingerprint density at radius 3 is 2.27 bits per heavy atom. The van der Waals surface area contributed by atoms with Gasteiger partial charge in [-0.25, -0.2) is 4.79 Å². The molecule has 0 saturated carbocycles. The van der Waals surface area contributed by atoms with Gasteiger partial charge in [-0.05, 0) is 64.3 Å². The number of unbranched alkanes of at least 4 members (excludes halogenated alkanes) is 1. The summed E-state index contributed by atoms with van der Waals surface area (Å²) in [5, 5.41) is 10.6. The van der Waals surface area contributed by atoms with Crippen LogP contribution in [0.1, 0.15) is 50.4 Å². The summed E-state index contributed by atoms with van der Waals surface area (Å²) >= 11 is 0. The maximum Gasteiger partial charge on any atom is 0.412 e. The van der Waals surface area contributed by atoms with Crippen molar-refractivity contribution in [3.8, 4) is 0 Å². The van der Waals surface area contributed by atoms with E-state index in [2.05, 4.69) is 21.3 Å². The van der Waals surface area contributed by atoms with Crippen molar-refractivity contribution in [2.75, 3.05) is 51.9 Å². The van der Waals surface area contributed by atoms with Gasteiger partial charge in [-0.15, -0.1) is 0 Å². The van der Waals surface area contributed by atoms with Gasteiger partial charge in [-0.1, -0.05) is 0 Å². The first-order chi connectivity index (χ1) is 17.6. The fraction of sp³-hybridized carbons (Fsp3) is 0.600. The zero-order chi connectivity index (χ0) is 27.7. The molecule has 1 rings (SSSR count). The van der Waals surface area contributed by atoms with E-state index >= 15 is 0 Å². The van der Waals surface area contributed by atoms with Crippen LogP contribution in [0.3, 0.4) is 0 Å². The Morgan fingerprint density at radius 2 is 1.65 bits per heavy atom. The molecule has 12 heteroatoms. The van der Waals surface area contributed by atoms with E-state index in [1.807, 2.05) is 0 Å². The predicted molar refractivity (Wildman–Crippen MR) is 139 cm³/mol. The third-order valence-electron chi connectivity index (χ3n) is 4.76. The average molecular weight is 524 g/mol. The lowest BCUT2D eigenvalue weighted by molar-refractivity contribution is -0.131. The van der Waals surface area contributed by atoms with Gasteiger partial charge in [0.05, 0.1) is 19.8 Å². The van der Waals surface area contributed by atoms with E-state index in [-0.39, 0.29) is 25.0 Å². The van der Waals surface area contributed by atoms with E-state index in [9.17, 15) is 19.2 Å². The molecule has 0 spiro atoms. The minimum Gasteiger partial charge on any atom is -0.444 e. The number of ether oxygens (including phenoxy) is 3. The molecule has 4 amide bonds. The second-order valence-electron chi connectivity index (χ2n) is 9.14. The minimum absolute atomic E-state index is 0.179. The Bertz CT molecular complexity index is 856. The summed E-state index contributed by atoms with van der Waals surface area (Å²) in [6.07, 6.45) is 1.05. The third-order valence-corrected chi connectivity index (χ3v) is 4.76. The molecule has 0 heterocycles. The molecule has 0 fully saturated rings. The maximum absolute atomic E-state index is 12.4. The highest BCUT2D eigenvalue weighted by Crippen LogP contribution is 2.13.